The summed E-state index contributed by atoms with van der Waals surface area (Å²) in [4.78, 5) is 13.8. The van der Waals surface area contributed by atoms with E-state index in [2.05, 4.69) is 55.2 Å². The van der Waals surface area contributed by atoms with Crippen LogP contribution in [0.2, 0.25) is 0 Å². The minimum atomic E-state index is -0.176. The van der Waals surface area contributed by atoms with Gasteiger partial charge in [-0.3, -0.25) is 4.79 Å². The van der Waals surface area contributed by atoms with Crippen molar-refractivity contribution in [1.82, 2.24) is 4.90 Å². The maximum absolute atomic E-state index is 11.7. The molecule has 0 saturated heterocycles. The average molecular weight is 604 g/mol. The van der Waals surface area contributed by atoms with Gasteiger partial charge in [0.25, 0.3) is 0 Å². The Morgan fingerprint density at radius 1 is 0.605 bits per heavy atom. The molecular formula is C39H73NO3. The highest BCUT2D eigenvalue weighted by Gasteiger charge is 2.17. The van der Waals surface area contributed by atoms with Crippen LogP contribution >= 0.6 is 0 Å². The summed E-state index contributed by atoms with van der Waals surface area (Å²) < 4.78 is 5.34. The molecule has 0 aliphatic rings. The van der Waals surface area contributed by atoms with Crippen LogP contribution < -0.4 is 0 Å². The van der Waals surface area contributed by atoms with Crippen molar-refractivity contribution >= 4 is 5.97 Å². The molecule has 0 radical (unpaired) electrons. The fraction of sp³-hybridized carbons (Fsp3) is 0.821. The molecule has 0 fully saturated rings. The van der Waals surface area contributed by atoms with E-state index >= 15 is 0 Å². The van der Waals surface area contributed by atoms with Gasteiger partial charge in [0.15, 0.2) is 0 Å². The number of allylic oxidation sites excluding steroid dienone is 6. The van der Waals surface area contributed by atoms with Crippen molar-refractivity contribution in [3.8, 4) is 0 Å². The molecule has 0 saturated carbocycles. The summed E-state index contributed by atoms with van der Waals surface area (Å²) in [5.74, 6) is 0.371. The molecule has 0 rings (SSSR count). The lowest BCUT2D eigenvalue weighted by molar-refractivity contribution is -0.143. The molecule has 1 N–H and O–H groups in total. The molecule has 0 amide bonds. The number of hydrogen-bond donors (Lipinski definition) is 1. The van der Waals surface area contributed by atoms with Crippen LogP contribution in [0, 0.1) is 5.92 Å². The second-order valence-corrected chi connectivity index (χ2v) is 12.9. The van der Waals surface area contributed by atoms with E-state index in [0.29, 0.717) is 18.9 Å². The van der Waals surface area contributed by atoms with E-state index in [9.17, 15) is 9.90 Å². The number of hydrogen-bond acceptors (Lipinski definition) is 4. The summed E-state index contributed by atoms with van der Waals surface area (Å²) in [5, 5.41) is 11.0. The fourth-order valence-corrected chi connectivity index (χ4v) is 5.45. The van der Waals surface area contributed by atoms with Crippen LogP contribution in [-0.2, 0) is 9.53 Å². The Hall–Kier alpha value is -1.39. The van der Waals surface area contributed by atoms with Crippen LogP contribution in [0.5, 0.6) is 0 Å². The summed E-state index contributed by atoms with van der Waals surface area (Å²) in [5.41, 5.74) is 0. The van der Waals surface area contributed by atoms with E-state index in [-0.39, 0.29) is 12.1 Å². The van der Waals surface area contributed by atoms with E-state index in [0.717, 1.165) is 70.8 Å². The predicted octanol–water partition coefficient (Wildman–Crippen LogP) is 11.1. The Bertz CT molecular complexity index is 669. The van der Waals surface area contributed by atoms with Crippen molar-refractivity contribution in [1.29, 1.82) is 0 Å². The Labute approximate surface area is 268 Å². The third kappa shape index (κ3) is 31.8. The molecule has 4 heteroatoms. The summed E-state index contributed by atoms with van der Waals surface area (Å²) in [6, 6.07) is 0. The van der Waals surface area contributed by atoms with E-state index in [1.54, 1.807) is 0 Å². The molecule has 0 bridgehead atoms. The Kier molecular flexibility index (Phi) is 32.4. The molecule has 0 aromatic carbocycles. The number of carbonyl (C=O) groups is 1. The molecule has 2 unspecified atom stereocenters. The molecule has 252 valence electrons. The topological polar surface area (TPSA) is 49.8 Å². The first-order chi connectivity index (χ1) is 21.0. The van der Waals surface area contributed by atoms with Gasteiger partial charge >= 0.3 is 5.97 Å². The van der Waals surface area contributed by atoms with Crippen LogP contribution in [0.1, 0.15) is 168 Å². The molecule has 0 aliphatic carbocycles. The largest absolute Gasteiger partial charge is 0.466 e. The highest BCUT2D eigenvalue weighted by molar-refractivity contribution is 5.69. The van der Waals surface area contributed by atoms with Crippen LogP contribution in [-0.4, -0.2) is 49.3 Å². The van der Waals surface area contributed by atoms with Gasteiger partial charge in [0, 0.05) is 6.42 Å². The summed E-state index contributed by atoms with van der Waals surface area (Å²) in [6.45, 7) is 6.01. The minimum absolute atomic E-state index is 0.0524. The SMILES string of the molecule is CCCCC/C=C\CCCC(CCC/C=C\CCCCCCCOC(=O)CCCN(C)C)C(O)CC/C=C\CCCCC. The van der Waals surface area contributed by atoms with Crippen LogP contribution in [0.15, 0.2) is 36.5 Å². The smallest absolute Gasteiger partial charge is 0.305 e. The molecular weight excluding hydrogens is 530 g/mol. The maximum atomic E-state index is 11.7. The van der Waals surface area contributed by atoms with Crippen molar-refractivity contribution in [2.75, 3.05) is 27.2 Å². The summed E-state index contributed by atoms with van der Waals surface area (Å²) in [6.07, 6.45) is 41.2. The zero-order valence-corrected chi connectivity index (χ0v) is 29.2. The average Bonchev–Trinajstić information content (AvgIpc) is 2.98. The quantitative estimate of drug-likeness (QED) is 0.0472. The normalized spacial score (nSPS) is 13.6. The lowest BCUT2D eigenvalue weighted by atomic mass is 9.88. The number of carbonyl (C=O) groups excluding carboxylic acids is 1. The standard InChI is InChI=1S/C39H73NO3/c1-5-7-9-11-13-19-22-26-31-37(38(41)33-28-24-18-12-10-8-6-2)32-27-23-20-16-14-15-17-21-25-29-36-43-39(42)34-30-35-40(3)4/h13,16,18-20,24,37-38,41H,5-12,14-15,17,21-23,25-36H2,1-4H3/b19-13-,20-16-,24-18-. The molecule has 0 aliphatic heterocycles. The second-order valence-electron chi connectivity index (χ2n) is 12.9. The zero-order valence-electron chi connectivity index (χ0n) is 29.2. The first-order valence-corrected chi connectivity index (χ1v) is 18.4. The van der Waals surface area contributed by atoms with Crippen molar-refractivity contribution < 1.29 is 14.6 Å². The lowest BCUT2D eigenvalue weighted by Gasteiger charge is -2.22. The Morgan fingerprint density at radius 3 is 1.60 bits per heavy atom. The van der Waals surface area contributed by atoms with Crippen LogP contribution in [0.25, 0.3) is 0 Å². The number of rotatable bonds is 32. The van der Waals surface area contributed by atoms with Crippen molar-refractivity contribution in [2.24, 2.45) is 5.92 Å². The van der Waals surface area contributed by atoms with E-state index < -0.39 is 0 Å². The number of nitrogens with zero attached hydrogens (tertiary/aromatic N) is 1. The predicted molar refractivity (Wildman–Crippen MR) is 189 cm³/mol. The minimum Gasteiger partial charge on any atom is -0.466 e. The van der Waals surface area contributed by atoms with Crippen molar-refractivity contribution in [3.63, 3.8) is 0 Å². The van der Waals surface area contributed by atoms with Gasteiger partial charge in [-0.1, -0.05) is 95.2 Å². The lowest BCUT2D eigenvalue weighted by Crippen LogP contribution is -2.20. The first-order valence-electron chi connectivity index (χ1n) is 18.4. The second kappa shape index (κ2) is 33.5. The van der Waals surface area contributed by atoms with Gasteiger partial charge in [-0.25, -0.2) is 0 Å². The third-order valence-electron chi connectivity index (χ3n) is 8.28. The number of ether oxygens (including phenoxy) is 1. The monoisotopic (exact) mass is 604 g/mol. The van der Waals surface area contributed by atoms with Gasteiger partial charge in [-0.2, -0.15) is 0 Å². The van der Waals surface area contributed by atoms with Gasteiger partial charge in [-0.05, 0) is 129 Å². The van der Waals surface area contributed by atoms with Crippen LogP contribution in [0.4, 0.5) is 0 Å². The molecule has 0 aromatic heterocycles. The van der Waals surface area contributed by atoms with Gasteiger partial charge in [0.1, 0.15) is 0 Å². The number of esters is 1. The van der Waals surface area contributed by atoms with Gasteiger partial charge < -0.3 is 14.7 Å². The third-order valence-corrected chi connectivity index (χ3v) is 8.28. The molecule has 4 nitrogen and oxygen atoms in total. The van der Waals surface area contributed by atoms with Gasteiger partial charge in [0.2, 0.25) is 0 Å². The van der Waals surface area contributed by atoms with Crippen molar-refractivity contribution in [3.05, 3.63) is 36.5 Å². The Morgan fingerprint density at radius 2 is 1.07 bits per heavy atom. The molecule has 2 atom stereocenters. The van der Waals surface area contributed by atoms with E-state index in [1.807, 2.05) is 14.1 Å². The Balaban J connectivity index is 4.09. The van der Waals surface area contributed by atoms with Gasteiger partial charge in [-0.15, -0.1) is 0 Å². The maximum Gasteiger partial charge on any atom is 0.305 e. The number of aliphatic hydroxyl groups excluding tert-OH is 1. The molecule has 0 aromatic rings. The fourth-order valence-electron chi connectivity index (χ4n) is 5.45. The van der Waals surface area contributed by atoms with Crippen molar-refractivity contribution in [2.45, 2.75) is 174 Å². The van der Waals surface area contributed by atoms with E-state index in [1.165, 1.54) is 83.5 Å². The molecule has 43 heavy (non-hydrogen) atoms. The summed E-state index contributed by atoms with van der Waals surface area (Å²) in [7, 11) is 4.05. The first kappa shape index (κ1) is 41.6. The number of unbranched alkanes of at least 4 members (excludes halogenated alkanes) is 13. The van der Waals surface area contributed by atoms with Crippen LogP contribution in [0.3, 0.4) is 0 Å². The molecule has 0 heterocycles. The number of aliphatic hydroxyl groups is 1. The molecule has 0 spiro atoms. The zero-order chi connectivity index (χ0) is 31.6. The highest BCUT2D eigenvalue weighted by atomic mass is 16.5. The van der Waals surface area contributed by atoms with Gasteiger partial charge in [0.05, 0.1) is 12.7 Å². The summed E-state index contributed by atoms with van der Waals surface area (Å²) >= 11 is 0. The van der Waals surface area contributed by atoms with E-state index in [4.69, 9.17) is 4.74 Å². The highest BCUT2D eigenvalue weighted by Crippen LogP contribution is 2.24.